The number of carbonyl (C=O) groups is 3. The van der Waals surface area contributed by atoms with Gasteiger partial charge in [0.15, 0.2) is 0 Å². The van der Waals surface area contributed by atoms with E-state index in [9.17, 15) is 24.6 Å². The number of anilines is 2. The molecule has 1 aliphatic heterocycles. The number of amides is 3. The summed E-state index contributed by atoms with van der Waals surface area (Å²) >= 11 is 0. The van der Waals surface area contributed by atoms with Crippen molar-refractivity contribution in [3.05, 3.63) is 83.4 Å². The largest absolute Gasteiger partial charge is 0.508 e. The van der Waals surface area contributed by atoms with Crippen LogP contribution in [0.3, 0.4) is 0 Å². The van der Waals surface area contributed by atoms with Crippen molar-refractivity contribution in [1.82, 2.24) is 0 Å². The Morgan fingerprint density at radius 3 is 1.93 bits per heavy atom. The molecule has 7 nitrogen and oxygen atoms in total. The highest BCUT2D eigenvalue weighted by atomic mass is 16.3. The third-order valence-electron chi connectivity index (χ3n) is 4.35. The number of fused-ring (bicyclic) bond motifs is 1. The number of phenols is 2. The summed E-state index contributed by atoms with van der Waals surface area (Å²) in [5, 5.41) is 21.8. The number of hydrogen-bond acceptors (Lipinski definition) is 5. The number of rotatable bonds is 3. The number of nitrogens with one attached hydrogen (secondary N) is 1. The zero-order valence-electron chi connectivity index (χ0n) is 14.4. The van der Waals surface area contributed by atoms with Crippen molar-refractivity contribution in [3.8, 4) is 11.5 Å². The summed E-state index contributed by atoms with van der Waals surface area (Å²) < 4.78 is 0. The lowest BCUT2D eigenvalue weighted by molar-refractivity contribution is 0.0924. The predicted octanol–water partition coefficient (Wildman–Crippen LogP) is 3.15. The van der Waals surface area contributed by atoms with E-state index in [1.165, 1.54) is 12.1 Å². The van der Waals surface area contributed by atoms with Gasteiger partial charge in [-0.1, -0.05) is 24.3 Å². The third kappa shape index (κ3) is 2.84. The number of para-hydroxylation sites is 2. The lowest BCUT2D eigenvalue weighted by atomic mass is 10.1. The number of phenolic OH excluding ortho intramolecular Hbond substituents is 2. The summed E-state index contributed by atoms with van der Waals surface area (Å²) in [4.78, 5) is 39.0. The maximum Gasteiger partial charge on any atom is 0.266 e. The average molecular weight is 374 g/mol. The van der Waals surface area contributed by atoms with Gasteiger partial charge in [0.05, 0.1) is 22.5 Å². The van der Waals surface area contributed by atoms with Crippen LogP contribution in [0.15, 0.2) is 66.7 Å². The van der Waals surface area contributed by atoms with Crippen molar-refractivity contribution in [2.24, 2.45) is 0 Å². The molecule has 0 atom stereocenters. The van der Waals surface area contributed by atoms with Crippen LogP contribution < -0.4 is 10.2 Å². The molecule has 3 amide bonds. The van der Waals surface area contributed by atoms with Crippen LogP contribution in [0.25, 0.3) is 0 Å². The van der Waals surface area contributed by atoms with E-state index in [1.807, 2.05) is 0 Å². The van der Waals surface area contributed by atoms with Crippen LogP contribution in [-0.4, -0.2) is 27.9 Å². The van der Waals surface area contributed by atoms with Gasteiger partial charge in [-0.15, -0.1) is 0 Å². The van der Waals surface area contributed by atoms with Crippen molar-refractivity contribution in [2.75, 3.05) is 10.2 Å². The second kappa shape index (κ2) is 6.55. The van der Waals surface area contributed by atoms with Crippen LogP contribution >= 0.6 is 0 Å². The summed E-state index contributed by atoms with van der Waals surface area (Å²) in [6, 6.07) is 16.4. The normalized spacial score (nSPS) is 12.8. The highest BCUT2D eigenvalue weighted by Crippen LogP contribution is 2.33. The van der Waals surface area contributed by atoms with Crippen molar-refractivity contribution in [1.29, 1.82) is 0 Å². The molecule has 28 heavy (non-hydrogen) atoms. The summed E-state index contributed by atoms with van der Waals surface area (Å²) in [6.07, 6.45) is 0. The molecular weight excluding hydrogens is 360 g/mol. The second-order valence-corrected chi connectivity index (χ2v) is 6.20. The van der Waals surface area contributed by atoms with Crippen LogP contribution in [0, 0.1) is 0 Å². The summed E-state index contributed by atoms with van der Waals surface area (Å²) in [6.45, 7) is 0. The lowest BCUT2D eigenvalue weighted by Crippen LogP contribution is -2.30. The van der Waals surface area contributed by atoms with E-state index in [0.717, 1.165) is 11.0 Å². The monoisotopic (exact) mass is 374 g/mol. The van der Waals surface area contributed by atoms with E-state index < -0.39 is 17.7 Å². The first-order chi connectivity index (χ1) is 13.5. The van der Waals surface area contributed by atoms with E-state index in [1.54, 1.807) is 48.5 Å². The highest BCUT2D eigenvalue weighted by Gasteiger charge is 2.37. The molecule has 0 fully saturated rings. The van der Waals surface area contributed by atoms with Gasteiger partial charge in [0.1, 0.15) is 11.5 Å². The molecule has 1 aliphatic rings. The van der Waals surface area contributed by atoms with Gasteiger partial charge >= 0.3 is 0 Å². The van der Waals surface area contributed by atoms with Gasteiger partial charge in [0.25, 0.3) is 17.7 Å². The average Bonchev–Trinajstić information content (AvgIpc) is 2.92. The van der Waals surface area contributed by atoms with E-state index in [-0.39, 0.29) is 28.4 Å². The van der Waals surface area contributed by atoms with Crippen LogP contribution in [0.5, 0.6) is 11.5 Å². The minimum absolute atomic E-state index is 0.0228. The smallest absolute Gasteiger partial charge is 0.266 e. The van der Waals surface area contributed by atoms with Gasteiger partial charge in [-0.3, -0.25) is 14.4 Å². The molecule has 138 valence electrons. The van der Waals surface area contributed by atoms with Crippen LogP contribution in [0.4, 0.5) is 11.4 Å². The molecule has 1 heterocycles. The summed E-state index contributed by atoms with van der Waals surface area (Å²) in [5.41, 5.74) is 1.09. The van der Waals surface area contributed by atoms with Gasteiger partial charge in [0, 0.05) is 11.6 Å². The van der Waals surface area contributed by atoms with Gasteiger partial charge in [-0.25, -0.2) is 4.90 Å². The molecular formula is C21H14N2O5. The first-order valence-corrected chi connectivity index (χ1v) is 8.37. The minimum atomic E-state index is -0.616. The number of nitrogens with zero attached hydrogens (tertiary/aromatic N) is 1. The Morgan fingerprint density at radius 2 is 1.32 bits per heavy atom. The molecule has 4 rings (SSSR count). The quantitative estimate of drug-likeness (QED) is 0.611. The van der Waals surface area contributed by atoms with Crippen molar-refractivity contribution < 1.29 is 24.6 Å². The maximum atomic E-state index is 12.7. The lowest BCUT2D eigenvalue weighted by Gasteiger charge is -2.18. The van der Waals surface area contributed by atoms with Crippen molar-refractivity contribution in [2.45, 2.75) is 0 Å². The molecule has 0 radical (unpaired) electrons. The fourth-order valence-electron chi connectivity index (χ4n) is 3.10. The fraction of sp³-hybridized carbons (Fsp3) is 0. The first kappa shape index (κ1) is 17.3. The molecule has 0 saturated carbocycles. The Hall–Kier alpha value is -4.13. The Kier molecular flexibility index (Phi) is 4.04. The standard InChI is InChI=1S/C21H14N2O5/c24-13-9-12(10-14(25)11-13)19(26)22-17-7-3-4-8-18(17)23-20(27)15-5-1-2-6-16(15)21(23)28/h1-11,24-25H,(H,22,26). The maximum absolute atomic E-state index is 12.7. The second-order valence-electron chi connectivity index (χ2n) is 6.20. The Labute approximate surface area is 159 Å². The Bertz CT molecular complexity index is 1080. The van der Waals surface area contributed by atoms with Crippen LogP contribution in [0.2, 0.25) is 0 Å². The van der Waals surface area contributed by atoms with Gasteiger partial charge in [-0.05, 0) is 36.4 Å². The van der Waals surface area contributed by atoms with Crippen molar-refractivity contribution >= 4 is 29.1 Å². The molecule has 0 aliphatic carbocycles. The number of aromatic hydroxyl groups is 2. The minimum Gasteiger partial charge on any atom is -0.508 e. The topological polar surface area (TPSA) is 107 Å². The molecule has 3 N–H and O–H groups in total. The predicted molar refractivity (Wildman–Crippen MR) is 102 cm³/mol. The molecule has 0 unspecified atom stereocenters. The van der Waals surface area contributed by atoms with Crippen LogP contribution in [0.1, 0.15) is 31.1 Å². The number of imide groups is 1. The molecule has 0 bridgehead atoms. The number of hydrogen-bond donors (Lipinski definition) is 3. The zero-order chi connectivity index (χ0) is 19.8. The third-order valence-corrected chi connectivity index (χ3v) is 4.35. The summed E-state index contributed by atoms with van der Waals surface area (Å²) in [7, 11) is 0. The highest BCUT2D eigenvalue weighted by molar-refractivity contribution is 6.35. The summed E-state index contributed by atoms with van der Waals surface area (Å²) in [5.74, 6) is -2.09. The van der Waals surface area contributed by atoms with E-state index in [0.29, 0.717) is 11.1 Å². The van der Waals surface area contributed by atoms with Crippen molar-refractivity contribution in [3.63, 3.8) is 0 Å². The fourth-order valence-corrected chi connectivity index (χ4v) is 3.10. The molecule has 3 aromatic rings. The van der Waals surface area contributed by atoms with Gasteiger partial charge < -0.3 is 15.5 Å². The number of carbonyl (C=O) groups excluding carboxylic acids is 3. The zero-order valence-corrected chi connectivity index (χ0v) is 14.4. The molecule has 0 aromatic heterocycles. The molecule has 7 heteroatoms. The van der Waals surface area contributed by atoms with Gasteiger partial charge in [0.2, 0.25) is 0 Å². The van der Waals surface area contributed by atoms with E-state index in [4.69, 9.17) is 0 Å². The van der Waals surface area contributed by atoms with Crippen LogP contribution in [-0.2, 0) is 0 Å². The SMILES string of the molecule is O=C(Nc1ccccc1N1C(=O)c2ccccc2C1=O)c1cc(O)cc(O)c1. The van der Waals surface area contributed by atoms with E-state index >= 15 is 0 Å². The van der Waals surface area contributed by atoms with E-state index in [2.05, 4.69) is 5.32 Å². The molecule has 0 saturated heterocycles. The number of benzene rings is 3. The molecule has 0 spiro atoms. The Morgan fingerprint density at radius 1 is 0.786 bits per heavy atom. The Balaban J connectivity index is 1.70. The first-order valence-electron chi connectivity index (χ1n) is 8.37. The van der Waals surface area contributed by atoms with Gasteiger partial charge in [-0.2, -0.15) is 0 Å². The molecule has 3 aromatic carbocycles.